The van der Waals surface area contributed by atoms with E-state index in [0.29, 0.717) is 30.0 Å². The van der Waals surface area contributed by atoms with Gasteiger partial charge in [0.2, 0.25) is 0 Å². The van der Waals surface area contributed by atoms with Crippen molar-refractivity contribution in [1.29, 1.82) is 0 Å². The largest absolute Gasteiger partial charge is 0.389 e. The summed E-state index contributed by atoms with van der Waals surface area (Å²) in [6.45, 7) is 4.42. The summed E-state index contributed by atoms with van der Waals surface area (Å²) < 4.78 is 0. The minimum Gasteiger partial charge on any atom is -0.389 e. The molecule has 0 amide bonds. The molecule has 4 rings (SSSR count). The molecule has 3 heteroatoms. The molecule has 4 aliphatic carbocycles. The number of rotatable bonds is 0. The van der Waals surface area contributed by atoms with E-state index in [1.807, 2.05) is 0 Å². The van der Waals surface area contributed by atoms with Crippen molar-refractivity contribution in [2.75, 3.05) is 0 Å². The van der Waals surface area contributed by atoms with E-state index in [1.165, 1.54) is 0 Å². The summed E-state index contributed by atoms with van der Waals surface area (Å²) in [4.78, 5) is 24.2. The highest BCUT2D eigenvalue weighted by molar-refractivity contribution is 5.92. The Morgan fingerprint density at radius 1 is 1.05 bits per heavy atom. The van der Waals surface area contributed by atoms with Gasteiger partial charge in [0, 0.05) is 18.3 Å². The zero-order chi connectivity index (χ0) is 15.7. The summed E-state index contributed by atoms with van der Waals surface area (Å²) in [5.74, 6) is 2.01. The topological polar surface area (TPSA) is 54.4 Å². The van der Waals surface area contributed by atoms with Crippen molar-refractivity contribution >= 4 is 11.6 Å². The van der Waals surface area contributed by atoms with Gasteiger partial charge in [0.15, 0.2) is 5.78 Å². The standard InChI is InChI=1S/C19H26O3/c1-18-7-5-11(20)9-15(18)16(21)10-12-13-3-4-17(22)19(13,2)8-6-14(12)18/h9,12-14,16,21H,3-8,10H2,1-2H3/t12-,13?,14?,16+,18+,19-/m0/s1. The van der Waals surface area contributed by atoms with Crippen LogP contribution in [0.2, 0.25) is 0 Å². The summed E-state index contributed by atoms with van der Waals surface area (Å²) in [6, 6.07) is 0. The molecule has 120 valence electrons. The summed E-state index contributed by atoms with van der Waals surface area (Å²) in [6.07, 6.45) is 7.24. The zero-order valence-electron chi connectivity index (χ0n) is 13.6. The Hall–Kier alpha value is -0.960. The second-order valence-electron chi connectivity index (χ2n) is 8.53. The van der Waals surface area contributed by atoms with Crippen LogP contribution in [0.1, 0.15) is 58.8 Å². The maximum absolute atomic E-state index is 12.4. The van der Waals surface area contributed by atoms with Gasteiger partial charge >= 0.3 is 0 Å². The van der Waals surface area contributed by atoms with E-state index in [0.717, 1.165) is 44.1 Å². The number of hydrogen-bond acceptors (Lipinski definition) is 3. The van der Waals surface area contributed by atoms with E-state index in [2.05, 4.69) is 13.8 Å². The Balaban J connectivity index is 1.74. The lowest BCUT2D eigenvalue weighted by Crippen LogP contribution is -2.54. The van der Waals surface area contributed by atoms with E-state index in [9.17, 15) is 14.7 Å². The lowest BCUT2D eigenvalue weighted by atomic mass is 9.47. The van der Waals surface area contributed by atoms with Crippen LogP contribution in [0.15, 0.2) is 11.6 Å². The Morgan fingerprint density at radius 3 is 2.55 bits per heavy atom. The van der Waals surface area contributed by atoms with Gasteiger partial charge in [-0.3, -0.25) is 9.59 Å². The van der Waals surface area contributed by atoms with Crippen molar-refractivity contribution in [2.24, 2.45) is 28.6 Å². The van der Waals surface area contributed by atoms with Gasteiger partial charge in [0.1, 0.15) is 5.78 Å². The van der Waals surface area contributed by atoms with Crippen LogP contribution in [0, 0.1) is 28.6 Å². The first-order valence-corrected chi connectivity index (χ1v) is 8.82. The summed E-state index contributed by atoms with van der Waals surface area (Å²) in [7, 11) is 0. The Morgan fingerprint density at radius 2 is 1.77 bits per heavy atom. The van der Waals surface area contributed by atoms with Crippen LogP contribution in [-0.4, -0.2) is 22.8 Å². The van der Waals surface area contributed by atoms with Crippen LogP contribution in [0.25, 0.3) is 0 Å². The highest BCUT2D eigenvalue weighted by Gasteiger charge is 2.60. The van der Waals surface area contributed by atoms with Crippen LogP contribution in [0.3, 0.4) is 0 Å². The molecule has 3 saturated carbocycles. The fourth-order valence-corrected chi connectivity index (χ4v) is 6.38. The molecule has 6 atom stereocenters. The first kappa shape index (κ1) is 14.6. The van der Waals surface area contributed by atoms with E-state index < -0.39 is 6.10 Å². The molecule has 0 aromatic carbocycles. The molecule has 0 heterocycles. The summed E-state index contributed by atoms with van der Waals surface area (Å²) in [5, 5.41) is 10.7. The third kappa shape index (κ3) is 1.72. The number of aliphatic hydroxyl groups is 1. The molecule has 0 bridgehead atoms. The van der Waals surface area contributed by atoms with Gasteiger partial charge in [-0.2, -0.15) is 0 Å². The minimum atomic E-state index is -0.492. The molecule has 0 spiro atoms. The summed E-state index contributed by atoms with van der Waals surface area (Å²) in [5.41, 5.74) is 0.796. The van der Waals surface area contributed by atoms with Crippen LogP contribution >= 0.6 is 0 Å². The van der Waals surface area contributed by atoms with Gasteiger partial charge in [-0.05, 0) is 66.9 Å². The molecule has 0 radical (unpaired) electrons. The van der Waals surface area contributed by atoms with Gasteiger partial charge in [0.05, 0.1) is 6.10 Å². The molecule has 2 unspecified atom stereocenters. The van der Waals surface area contributed by atoms with Gasteiger partial charge in [-0.15, -0.1) is 0 Å². The lowest BCUT2D eigenvalue weighted by molar-refractivity contribution is -0.134. The number of carbonyl (C=O) groups is 2. The van der Waals surface area contributed by atoms with Crippen LogP contribution in [0.4, 0.5) is 0 Å². The van der Waals surface area contributed by atoms with Crippen molar-refractivity contribution in [3.63, 3.8) is 0 Å². The van der Waals surface area contributed by atoms with E-state index in [4.69, 9.17) is 0 Å². The predicted molar refractivity (Wildman–Crippen MR) is 83.1 cm³/mol. The highest BCUT2D eigenvalue weighted by atomic mass is 16.3. The number of Topliss-reactive ketones (excluding diaryl/α,β-unsaturated/α-hetero) is 1. The smallest absolute Gasteiger partial charge is 0.155 e. The molecule has 0 aliphatic heterocycles. The maximum Gasteiger partial charge on any atom is 0.155 e. The Labute approximate surface area is 132 Å². The molecule has 3 nitrogen and oxygen atoms in total. The van der Waals surface area contributed by atoms with Gasteiger partial charge in [-0.25, -0.2) is 0 Å². The van der Waals surface area contributed by atoms with E-state index in [-0.39, 0.29) is 16.6 Å². The first-order valence-electron chi connectivity index (χ1n) is 8.82. The molecule has 3 fully saturated rings. The van der Waals surface area contributed by atoms with Gasteiger partial charge in [-0.1, -0.05) is 13.8 Å². The molecular formula is C19H26O3. The Bertz CT molecular complexity index is 577. The number of fused-ring (bicyclic) bond motifs is 5. The minimum absolute atomic E-state index is 0.0385. The predicted octanol–water partition coefficient (Wildman–Crippen LogP) is 3.06. The second kappa shape index (κ2) is 4.53. The molecule has 4 aliphatic rings. The van der Waals surface area contributed by atoms with Crippen molar-refractivity contribution in [2.45, 2.75) is 64.9 Å². The zero-order valence-corrected chi connectivity index (χ0v) is 13.6. The van der Waals surface area contributed by atoms with Gasteiger partial charge < -0.3 is 5.11 Å². The van der Waals surface area contributed by atoms with E-state index in [1.54, 1.807) is 6.08 Å². The van der Waals surface area contributed by atoms with Crippen LogP contribution < -0.4 is 0 Å². The Kier molecular flexibility index (Phi) is 3.01. The first-order chi connectivity index (χ1) is 10.4. The fraction of sp³-hybridized carbons (Fsp3) is 0.789. The average Bonchev–Trinajstić information content (AvgIpc) is 2.77. The molecule has 0 aromatic heterocycles. The van der Waals surface area contributed by atoms with Gasteiger partial charge in [0.25, 0.3) is 0 Å². The van der Waals surface area contributed by atoms with Crippen molar-refractivity contribution in [3.8, 4) is 0 Å². The number of carbonyl (C=O) groups excluding carboxylic acids is 2. The fourth-order valence-electron chi connectivity index (χ4n) is 6.38. The number of ketones is 2. The molecule has 0 aromatic rings. The number of hydrogen-bond donors (Lipinski definition) is 1. The summed E-state index contributed by atoms with van der Waals surface area (Å²) >= 11 is 0. The normalized spacial score (nSPS) is 51.0. The van der Waals surface area contributed by atoms with Crippen LogP contribution in [-0.2, 0) is 9.59 Å². The quantitative estimate of drug-likeness (QED) is 0.748. The maximum atomic E-state index is 12.4. The second-order valence-corrected chi connectivity index (χ2v) is 8.53. The number of aliphatic hydroxyl groups excluding tert-OH is 1. The molecule has 0 saturated heterocycles. The lowest BCUT2D eigenvalue weighted by Gasteiger charge is -2.58. The SMILES string of the molecule is C[C@]12CCC(=O)C=C1[C@H](O)C[C@@H]1C2CC[C@]2(C)C(=O)CCC12. The molecule has 22 heavy (non-hydrogen) atoms. The van der Waals surface area contributed by atoms with Crippen molar-refractivity contribution in [3.05, 3.63) is 11.6 Å². The molecule has 1 N–H and O–H groups in total. The molecular weight excluding hydrogens is 276 g/mol. The average molecular weight is 302 g/mol. The van der Waals surface area contributed by atoms with E-state index >= 15 is 0 Å². The van der Waals surface area contributed by atoms with Crippen molar-refractivity contribution in [1.82, 2.24) is 0 Å². The highest BCUT2D eigenvalue weighted by Crippen LogP contribution is 2.64. The third-order valence-electron chi connectivity index (χ3n) is 7.69. The monoisotopic (exact) mass is 302 g/mol. The third-order valence-corrected chi connectivity index (χ3v) is 7.69. The van der Waals surface area contributed by atoms with Crippen molar-refractivity contribution < 1.29 is 14.7 Å². The van der Waals surface area contributed by atoms with Crippen LogP contribution in [0.5, 0.6) is 0 Å².